The van der Waals surface area contributed by atoms with Gasteiger partial charge in [0.05, 0.1) is 17.1 Å². The fourth-order valence-electron chi connectivity index (χ4n) is 2.03. The molecule has 3 rings (SSSR count). The van der Waals surface area contributed by atoms with Gasteiger partial charge in [-0.1, -0.05) is 17.7 Å². The van der Waals surface area contributed by atoms with Crippen LogP contribution in [-0.2, 0) is 6.18 Å². The Morgan fingerprint density at radius 3 is 2.55 bits per heavy atom. The number of halogens is 4. The molecule has 2 aromatic rings. The van der Waals surface area contributed by atoms with E-state index in [0.29, 0.717) is 11.3 Å². The molecule has 3 nitrogen and oxygen atoms in total. The van der Waals surface area contributed by atoms with E-state index in [1.807, 2.05) is 0 Å². The Morgan fingerprint density at radius 2 is 1.86 bits per heavy atom. The number of hydrogen-bond donors (Lipinski definition) is 1. The summed E-state index contributed by atoms with van der Waals surface area (Å²) in [5.74, 6) is 0.127. The van der Waals surface area contributed by atoms with Crippen LogP contribution in [0.1, 0.15) is 21.5 Å². The molecule has 1 radical (unpaired) electrons. The predicted octanol–water partition coefficient (Wildman–Crippen LogP) is 4.40. The van der Waals surface area contributed by atoms with Crippen LogP contribution < -0.4 is 10.1 Å². The smallest absolute Gasteiger partial charge is 0.416 e. The van der Waals surface area contributed by atoms with E-state index < -0.39 is 11.7 Å². The molecule has 1 heterocycles. The molecule has 22 heavy (non-hydrogen) atoms. The quantitative estimate of drug-likeness (QED) is 0.888. The largest absolute Gasteiger partial charge is 0.456 e. The standard InChI is InChI=1S/C15H8ClF3NO2/c16-12-5-9(15(17,18)19)2-4-13(12)22-10-3-1-8-7-20-14(21)11(8)6-10/h1-7H,(H,20,21). The number of nitrogens with one attached hydrogen (secondary N) is 1. The topological polar surface area (TPSA) is 38.3 Å². The van der Waals surface area contributed by atoms with Gasteiger partial charge in [0.2, 0.25) is 0 Å². The van der Waals surface area contributed by atoms with E-state index in [2.05, 4.69) is 5.32 Å². The molecule has 1 amide bonds. The number of ether oxygens (including phenoxy) is 1. The Labute approximate surface area is 128 Å². The van der Waals surface area contributed by atoms with Crippen LogP contribution >= 0.6 is 11.6 Å². The van der Waals surface area contributed by atoms with Gasteiger partial charge < -0.3 is 10.1 Å². The Morgan fingerprint density at radius 1 is 1.09 bits per heavy atom. The van der Waals surface area contributed by atoms with Crippen LogP contribution in [0.4, 0.5) is 13.2 Å². The predicted molar refractivity (Wildman–Crippen MR) is 73.8 cm³/mol. The molecule has 0 unspecified atom stereocenters. The van der Waals surface area contributed by atoms with E-state index in [0.717, 1.165) is 23.8 Å². The number of rotatable bonds is 2. The Hall–Kier alpha value is -2.21. The van der Waals surface area contributed by atoms with Crippen molar-refractivity contribution in [1.29, 1.82) is 0 Å². The summed E-state index contributed by atoms with van der Waals surface area (Å²) in [4.78, 5) is 11.5. The molecule has 0 bridgehead atoms. The summed E-state index contributed by atoms with van der Waals surface area (Å²) in [7, 11) is 0. The number of carbonyl (C=O) groups excluding carboxylic acids is 1. The second-order valence-electron chi connectivity index (χ2n) is 4.61. The van der Waals surface area contributed by atoms with Gasteiger partial charge in [-0.25, -0.2) is 0 Å². The summed E-state index contributed by atoms with van der Waals surface area (Å²) in [5.41, 5.74) is 0.296. The SMILES string of the molecule is O=C1N[CH]c2ccc(Oc3ccc(C(F)(F)F)cc3Cl)cc21. The van der Waals surface area contributed by atoms with E-state index in [-0.39, 0.29) is 16.7 Å². The summed E-state index contributed by atoms with van der Waals surface area (Å²) in [6.45, 7) is 1.56. The molecule has 0 fully saturated rings. The van der Waals surface area contributed by atoms with E-state index in [1.54, 1.807) is 18.7 Å². The number of carbonyl (C=O) groups is 1. The first-order valence-electron chi connectivity index (χ1n) is 6.17. The summed E-state index contributed by atoms with van der Waals surface area (Å²) in [6.07, 6.45) is -4.47. The van der Waals surface area contributed by atoms with Crippen LogP contribution in [0.2, 0.25) is 5.02 Å². The molecule has 0 saturated heterocycles. The first-order valence-corrected chi connectivity index (χ1v) is 6.55. The van der Waals surface area contributed by atoms with Crippen LogP contribution in [0, 0.1) is 6.54 Å². The van der Waals surface area contributed by atoms with Gasteiger partial charge in [0.1, 0.15) is 11.5 Å². The Bertz CT molecular complexity index is 759. The molecule has 1 aliphatic rings. The third-order valence-electron chi connectivity index (χ3n) is 3.12. The summed E-state index contributed by atoms with van der Waals surface area (Å²) < 4.78 is 43.2. The van der Waals surface area contributed by atoms with Crippen LogP contribution in [0.15, 0.2) is 36.4 Å². The molecular formula is C15H8ClF3NO2. The van der Waals surface area contributed by atoms with Crippen molar-refractivity contribution in [3.05, 3.63) is 64.7 Å². The van der Waals surface area contributed by atoms with E-state index in [9.17, 15) is 18.0 Å². The van der Waals surface area contributed by atoms with E-state index in [4.69, 9.17) is 16.3 Å². The van der Waals surface area contributed by atoms with Crippen molar-refractivity contribution in [3.63, 3.8) is 0 Å². The molecule has 1 N–H and O–H groups in total. The highest BCUT2D eigenvalue weighted by atomic mass is 35.5. The molecule has 113 valence electrons. The molecule has 2 aromatic carbocycles. The van der Waals surface area contributed by atoms with Crippen LogP contribution in [0.25, 0.3) is 0 Å². The van der Waals surface area contributed by atoms with Crippen molar-refractivity contribution < 1.29 is 22.7 Å². The minimum absolute atomic E-state index is 0.0806. The second-order valence-corrected chi connectivity index (χ2v) is 5.02. The van der Waals surface area contributed by atoms with Crippen molar-refractivity contribution in [1.82, 2.24) is 5.32 Å². The first kappa shape index (κ1) is 14.7. The monoisotopic (exact) mass is 326 g/mol. The molecule has 1 aliphatic heterocycles. The van der Waals surface area contributed by atoms with Gasteiger partial charge in [-0.2, -0.15) is 13.2 Å². The van der Waals surface area contributed by atoms with Gasteiger partial charge in [-0.3, -0.25) is 4.79 Å². The van der Waals surface area contributed by atoms with Crippen molar-refractivity contribution in [3.8, 4) is 11.5 Å². The molecule has 0 aliphatic carbocycles. The fourth-order valence-corrected chi connectivity index (χ4v) is 2.25. The highest BCUT2D eigenvalue weighted by Crippen LogP contribution is 2.36. The number of benzene rings is 2. The highest BCUT2D eigenvalue weighted by molar-refractivity contribution is 6.32. The van der Waals surface area contributed by atoms with Crippen molar-refractivity contribution in [2.45, 2.75) is 6.18 Å². The summed E-state index contributed by atoms with van der Waals surface area (Å²) in [6, 6.07) is 7.59. The lowest BCUT2D eigenvalue weighted by Crippen LogP contribution is -2.10. The Balaban J connectivity index is 1.88. The van der Waals surface area contributed by atoms with Crippen LogP contribution in [0.3, 0.4) is 0 Å². The maximum Gasteiger partial charge on any atom is 0.416 e. The third-order valence-corrected chi connectivity index (χ3v) is 3.41. The molecular weight excluding hydrogens is 319 g/mol. The number of hydrogen-bond acceptors (Lipinski definition) is 2. The van der Waals surface area contributed by atoms with Crippen LogP contribution in [0.5, 0.6) is 11.5 Å². The molecule has 7 heteroatoms. The van der Waals surface area contributed by atoms with Crippen molar-refractivity contribution >= 4 is 17.5 Å². The van der Waals surface area contributed by atoms with Gasteiger partial charge in [0.25, 0.3) is 5.91 Å². The van der Waals surface area contributed by atoms with Gasteiger partial charge >= 0.3 is 6.18 Å². The van der Waals surface area contributed by atoms with Gasteiger partial charge in [0, 0.05) is 5.56 Å². The van der Waals surface area contributed by atoms with Gasteiger partial charge in [0.15, 0.2) is 0 Å². The maximum atomic E-state index is 12.6. The number of fused-ring (bicyclic) bond motifs is 1. The average Bonchev–Trinajstić information content (AvgIpc) is 2.81. The maximum absolute atomic E-state index is 12.6. The second kappa shape index (κ2) is 5.21. The molecule has 0 saturated carbocycles. The molecule has 0 aromatic heterocycles. The van der Waals surface area contributed by atoms with Crippen molar-refractivity contribution in [2.75, 3.05) is 0 Å². The highest BCUT2D eigenvalue weighted by Gasteiger charge is 2.31. The number of amides is 1. The minimum atomic E-state index is -4.47. The average molecular weight is 327 g/mol. The lowest BCUT2D eigenvalue weighted by Gasteiger charge is -2.11. The normalized spacial score (nSPS) is 13.7. The van der Waals surface area contributed by atoms with Gasteiger partial charge in [-0.15, -0.1) is 0 Å². The molecule has 0 spiro atoms. The minimum Gasteiger partial charge on any atom is -0.456 e. The third kappa shape index (κ3) is 2.74. The lowest BCUT2D eigenvalue weighted by atomic mass is 10.1. The molecule has 0 atom stereocenters. The Kier molecular flexibility index (Phi) is 3.48. The lowest BCUT2D eigenvalue weighted by molar-refractivity contribution is -0.137. The zero-order valence-electron chi connectivity index (χ0n) is 10.9. The zero-order chi connectivity index (χ0) is 15.9. The van der Waals surface area contributed by atoms with Gasteiger partial charge in [-0.05, 0) is 35.9 Å². The summed E-state index contributed by atoms with van der Waals surface area (Å²) >= 11 is 5.82. The van der Waals surface area contributed by atoms with E-state index in [1.165, 1.54) is 6.07 Å². The summed E-state index contributed by atoms with van der Waals surface area (Å²) in [5, 5.41) is 2.38. The van der Waals surface area contributed by atoms with E-state index >= 15 is 0 Å². The van der Waals surface area contributed by atoms with Crippen molar-refractivity contribution in [2.24, 2.45) is 0 Å². The number of alkyl halides is 3. The zero-order valence-corrected chi connectivity index (χ0v) is 11.6. The fraction of sp³-hybridized carbons (Fsp3) is 0.0667. The first-order chi connectivity index (χ1) is 10.3. The van der Waals surface area contributed by atoms with Crippen LogP contribution in [-0.4, -0.2) is 5.91 Å².